The molecule has 3 aromatic heterocycles. The van der Waals surface area contributed by atoms with Crippen molar-refractivity contribution < 1.29 is 14.3 Å². The number of aromatic nitrogens is 4. The SMILES string of the molecule is CC1NC=C(NC(=O)CN2CC(C)(C)C2)C=C1NC(=O)c1cnn2cc(-c3cnc4n3CCOC4)sc12. The molecule has 1 saturated heterocycles. The van der Waals surface area contributed by atoms with Crippen molar-refractivity contribution in [2.24, 2.45) is 5.41 Å². The maximum Gasteiger partial charge on any atom is 0.260 e. The second kappa shape index (κ2) is 9.12. The summed E-state index contributed by atoms with van der Waals surface area (Å²) >= 11 is 1.50. The van der Waals surface area contributed by atoms with Crippen LogP contribution in [-0.4, -0.2) is 68.2 Å². The zero-order valence-electron chi connectivity index (χ0n) is 21.1. The van der Waals surface area contributed by atoms with E-state index in [1.807, 2.05) is 19.3 Å². The topological polar surface area (TPSA) is 118 Å². The minimum Gasteiger partial charge on any atom is -0.381 e. The van der Waals surface area contributed by atoms with Crippen molar-refractivity contribution in [1.82, 2.24) is 40.0 Å². The molecule has 3 aromatic rings. The van der Waals surface area contributed by atoms with Gasteiger partial charge in [0, 0.05) is 37.7 Å². The largest absolute Gasteiger partial charge is 0.381 e. The molecule has 0 aromatic carbocycles. The third-order valence-electron chi connectivity index (χ3n) is 6.80. The average molecular weight is 523 g/mol. The highest BCUT2D eigenvalue weighted by Gasteiger charge is 2.35. The molecule has 6 heterocycles. The lowest BCUT2D eigenvalue weighted by molar-refractivity contribution is -0.124. The number of hydrogen-bond donors (Lipinski definition) is 3. The molecule has 11 nitrogen and oxygen atoms in total. The van der Waals surface area contributed by atoms with E-state index in [0.717, 1.165) is 40.9 Å². The zero-order valence-corrected chi connectivity index (χ0v) is 21.9. The van der Waals surface area contributed by atoms with Gasteiger partial charge in [-0.3, -0.25) is 14.5 Å². The normalized spacial score (nSPS) is 20.9. The highest BCUT2D eigenvalue weighted by atomic mass is 32.1. The number of allylic oxidation sites excluding steroid dienone is 1. The average Bonchev–Trinajstić information content (AvgIpc) is 3.53. The first-order valence-corrected chi connectivity index (χ1v) is 13.2. The molecule has 0 bridgehead atoms. The van der Waals surface area contributed by atoms with Gasteiger partial charge in [0.15, 0.2) is 0 Å². The molecule has 3 aliphatic rings. The van der Waals surface area contributed by atoms with E-state index in [2.05, 4.69) is 49.3 Å². The molecule has 1 atom stereocenters. The van der Waals surface area contributed by atoms with E-state index in [-0.39, 0.29) is 23.3 Å². The molecule has 1 fully saturated rings. The number of carbonyl (C=O) groups is 2. The fourth-order valence-electron chi connectivity index (χ4n) is 5.09. The molecular weight excluding hydrogens is 492 g/mol. The minimum absolute atomic E-state index is 0.0712. The number of thiazole rings is 1. The number of hydrogen-bond acceptors (Lipinski definition) is 8. The van der Waals surface area contributed by atoms with Crippen molar-refractivity contribution in [3.63, 3.8) is 0 Å². The Balaban J connectivity index is 1.15. The molecule has 2 amide bonds. The summed E-state index contributed by atoms with van der Waals surface area (Å²) in [5.41, 5.74) is 3.06. The summed E-state index contributed by atoms with van der Waals surface area (Å²) in [6.45, 7) is 10.4. The molecule has 37 heavy (non-hydrogen) atoms. The van der Waals surface area contributed by atoms with Gasteiger partial charge in [0.25, 0.3) is 5.91 Å². The second-order valence-electron chi connectivity index (χ2n) is 10.6. The van der Waals surface area contributed by atoms with E-state index >= 15 is 0 Å². The quantitative estimate of drug-likeness (QED) is 0.451. The van der Waals surface area contributed by atoms with Crippen molar-refractivity contribution in [1.29, 1.82) is 0 Å². The van der Waals surface area contributed by atoms with Crippen LogP contribution in [0.15, 0.2) is 42.3 Å². The van der Waals surface area contributed by atoms with E-state index in [4.69, 9.17) is 4.74 Å². The van der Waals surface area contributed by atoms with Crippen LogP contribution in [0.4, 0.5) is 0 Å². The van der Waals surface area contributed by atoms with Gasteiger partial charge in [0.1, 0.15) is 17.3 Å². The molecule has 0 spiro atoms. The van der Waals surface area contributed by atoms with Crippen LogP contribution in [0.2, 0.25) is 0 Å². The van der Waals surface area contributed by atoms with Crippen molar-refractivity contribution in [2.75, 3.05) is 26.2 Å². The van der Waals surface area contributed by atoms with Crippen molar-refractivity contribution in [2.45, 2.75) is 40.0 Å². The molecule has 0 saturated carbocycles. The predicted molar refractivity (Wildman–Crippen MR) is 139 cm³/mol. The number of carbonyl (C=O) groups excluding carboxylic acids is 2. The Hall–Kier alpha value is -3.48. The van der Waals surface area contributed by atoms with Gasteiger partial charge in [-0.05, 0) is 18.4 Å². The van der Waals surface area contributed by atoms with Gasteiger partial charge in [-0.1, -0.05) is 13.8 Å². The number of rotatable bonds is 6. The first-order valence-electron chi connectivity index (χ1n) is 12.4. The Bertz CT molecular complexity index is 1440. The van der Waals surface area contributed by atoms with Crippen LogP contribution < -0.4 is 16.0 Å². The fraction of sp³-hybridized carbons (Fsp3) is 0.440. The van der Waals surface area contributed by atoms with Crippen molar-refractivity contribution in [3.05, 3.63) is 53.6 Å². The molecule has 0 radical (unpaired) electrons. The number of nitrogens with one attached hydrogen (secondary N) is 3. The highest BCUT2D eigenvalue weighted by molar-refractivity contribution is 7.21. The number of likely N-dealkylation sites (tertiary alicyclic amines) is 1. The molecule has 0 aliphatic carbocycles. The van der Waals surface area contributed by atoms with Gasteiger partial charge in [-0.25, -0.2) is 9.50 Å². The Labute approximate surface area is 218 Å². The summed E-state index contributed by atoms with van der Waals surface area (Å²) in [5, 5.41) is 13.6. The first kappa shape index (κ1) is 23.9. The third kappa shape index (κ3) is 4.67. The maximum absolute atomic E-state index is 13.3. The van der Waals surface area contributed by atoms with Crippen LogP contribution in [0.5, 0.6) is 0 Å². The highest BCUT2D eigenvalue weighted by Crippen LogP contribution is 2.32. The Morgan fingerprint density at radius 3 is 2.92 bits per heavy atom. The maximum atomic E-state index is 13.3. The summed E-state index contributed by atoms with van der Waals surface area (Å²) in [4.78, 5) is 34.1. The van der Waals surface area contributed by atoms with Crippen LogP contribution in [0.1, 0.15) is 37.0 Å². The second-order valence-corrected chi connectivity index (χ2v) is 11.6. The number of ether oxygens (including phenoxy) is 1. The van der Waals surface area contributed by atoms with E-state index < -0.39 is 0 Å². The van der Waals surface area contributed by atoms with Crippen LogP contribution in [0.25, 0.3) is 15.4 Å². The molecule has 12 heteroatoms. The van der Waals surface area contributed by atoms with Crippen molar-refractivity contribution >= 4 is 28.0 Å². The predicted octanol–water partition coefficient (Wildman–Crippen LogP) is 1.69. The molecular formula is C25H30N8O3S. The zero-order chi connectivity index (χ0) is 25.7. The molecule has 6 rings (SSSR count). The standard InChI is InChI=1S/C25H30N8O3S/c1-15-18(6-16(7-26-15)29-22(34)11-31-13-25(2,3)14-31)30-23(35)17-8-28-33-10-20(37-24(17)33)19-9-27-21-12-36-5-4-32(19)21/h6-10,15,26H,4-5,11-14H2,1-3H3,(H,29,34)(H,30,35). The lowest BCUT2D eigenvalue weighted by atomic mass is 9.84. The van der Waals surface area contributed by atoms with Gasteiger partial charge in [-0.2, -0.15) is 5.10 Å². The van der Waals surface area contributed by atoms with E-state index in [1.165, 1.54) is 11.3 Å². The summed E-state index contributed by atoms with van der Waals surface area (Å²) in [6.07, 6.45) is 8.92. The molecule has 3 aliphatic heterocycles. The Kier molecular flexibility index (Phi) is 5.89. The summed E-state index contributed by atoms with van der Waals surface area (Å²) in [5.74, 6) is 0.584. The first-order chi connectivity index (χ1) is 17.8. The molecule has 3 N–H and O–H groups in total. The van der Waals surface area contributed by atoms with Crippen molar-refractivity contribution in [3.8, 4) is 10.6 Å². The lowest BCUT2D eigenvalue weighted by Crippen LogP contribution is -2.55. The number of fused-ring (bicyclic) bond motifs is 2. The van der Waals surface area contributed by atoms with E-state index in [1.54, 1.807) is 23.0 Å². The van der Waals surface area contributed by atoms with Crippen LogP contribution >= 0.6 is 11.3 Å². The number of nitrogens with zero attached hydrogens (tertiary/aromatic N) is 5. The number of dihydropyridines is 1. The van der Waals surface area contributed by atoms with Gasteiger partial charge in [0.05, 0.1) is 53.4 Å². The molecule has 194 valence electrons. The summed E-state index contributed by atoms with van der Waals surface area (Å²) < 4.78 is 9.37. The monoisotopic (exact) mass is 522 g/mol. The Morgan fingerprint density at radius 1 is 1.27 bits per heavy atom. The lowest BCUT2D eigenvalue weighted by Gasteiger charge is -2.45. The van der Waals surface area contributed by atoms with Crippen LogP contribution in [-0.2, 0) is 22.7 Å². The van der Waals surface area contributed by atoms with Gasteiger partial charge >= 0.3 is 0 Å². The third-order valence-corrected chi connectivity index (χ3v) is 7.93. The minimum atomic E-state index is -0.248. The summed E-state index contributed by atoms with van der Waals surface area (Å²) in [6, 6.07) is -0.119. The number of amides is 2. The Morgan fingerprint density at radius 2 is 2.11 bits per heavy atom. The van der Waals surface area contributed by atoms with Gasteiger partial charge < -0.3 is 25.3 Å². The van der Waals surface area contributed by atoms with E-state index in [0.29, 0.717) is 36.7 Å². The van der Waals surface area contributed by atoms with Gasteiger partial charge in [0.2, 0.25) is 5.91 Å². The fourth-order valence-corrected chi connectivity index (χ4v) is 6.17. The van der Waals surface area contributed by atoms with Gasteiger partial charge in [-0.15, -0.1) is 11.3 Å². The smallest absolute Gasteiger partial charge is 0.260 e. The summed E-state index contributed by atoms with van der Waals surface area (Å²) in [7, 11) is 0. The molecule has 1 unspecified atom stereocenters. The van der Waals surface area contributed by atoms with Crippen LogP contribution in [0, 0.1) is 5.41 Å². The van der Waals surface area contributed by atoms with Crippen LogP contribution in [0.3, 0.4) is 0 Å². The number of imidazole rings is 1. The van der Waals surface area contributed by atoms with E-state index in [9.17, 15) is 9.59 Å².